The van der Waals surface area contributed by atoms with Gasteiger partial charge in [0.15, 0.2) is 11.9 Å². The van der Waals surface area contributed by atoms with E-state index in [-0.39, 0.29) is 37.9 Å². The van der Waals surface area contributed by atoms with Gasteiger partial charge in [0.25, 0.3) is 0 Å². The van der Waals surface area contributed by atoms with Gasteiger partial charge in [0.05, 0.1) is 34.0 Å². The Bertz CT molecular complexity index is 1660. The van der Waals surface area contributed by atoms with Crippen LogP contribution in [0.15, 0.2) is 121 Å². The Morgan fingerprint density at radius 2 is 1.19 bits per heavy atom. The molecule has 1 aliphatic heterocycles. The minimum Gasteiger partial charge on any atom is -0.497 e. The van der Waals surface area contributed by atoms with Gasteiger partial charge in [0, 0.05) is 0 Å². The molecule has 0 unspecified atom stereocenters. The number of hydrogen-bond acceptors (Lipinski definition) is 11. The predicted octanol–water partition coefficient (Wildman–Crippen LogP) is 6.49. The molecule has 0 bridgehead atoms. The van der Waals surface area contributed by atoms with Crippen LogP contribution in [-0.2, 0) is 63.6 Å². The average Bonchev–Trinajstić information content (AvgIpc) is 3.45. The number of methoxy groups -OCH3 is 2. The van der Waals surface area contributed by atoms with E-state index in [0.29, 0.717) is 28.2 Å². The highest BCUT2D eigenvalue weighted by atomic mass is 31.2. The van der Waals surface area contributed by atoms with Crippen molar-refractivity contribution >= 4 is 13.8 Å². The van der Waals surface area contributed by atoms with Crippen molar-refractivity contribution in [1.82, 2.24) is 0 Å². The van der Waals surface area contributed by atoms with Crippen molar-refractivity contribution in [3.05, 3.63) is 143 Å². The molecular weight excluding hydrogens is 639 g/mol. The molecule has 1 N–H and O–H groups in total. The number of cyclic esters (lactones) is 1. The van der Waals surface area contributed by atoms with Gasteiger partial charge in [-0.15, -0.1) is 0 Å². The van der Waals surface area contributed by atoms with Gasteiger partial charge in [0.1, 0.15) is 30.8 Å². The summed E-state index contributed by atoms with van der Waals surface area (Å²) in [6, 6.07) is 32.4. The number of hydrogen-bond donors (Lipinski definition) is 1. The van der Waals surface area contributed by atoms with Gasteiger partial charge in [-0.1, -0.05) is 84.9 Å². The van der Waals surface area contributed by atoms with Crippen LogP contribution in [-0.4, -0.2) is 44.1 Å². The lowest BCUT2D eigenvalue weighted by Crippen LogP contribution is -2.35. The Morgan fingerprint density at radius 1 is 0.688 bits per heavy atom. The number of carbonyl (C=O) groups is 1. The number of ether oxygens (including phenoxy) is 5. The van der Waals surface area contributed by atoms with E-state index in [0.717, 1.165) is 5.56 Å². The first-order valence-corrected chi connectivity index (χ1v) is 16.6. The highest BCUT2D eigenvalue weighted by molar-refractivity contribution is 7.48. The summed E-state index contributed by atoms with van der Waals surface area (Å²) >= 11 is 0. The van der Waals surface area contributed by atoms with Gasteiger partial charge in [0.2, 0.25) is 5.76 Å². The zero-order valence-electron chi connectivity index (χ0n) is 26.6. The molecule has 0 aromatic heterocycles. The third-order valence-electron chi connectivity index (χ3n) is 7.19. The summed E-state index contributed by atoms with van der Waals surface area (Å²) in [5.41, 5.74) is 2.87. The number of phosphoric acid groups is 1. The molecular formula is C36H37O11P. The molecule has 11 nitrogen and oxygen atoms in total. The second-order valence-electron chi connectivity index (χ2n) is 10.6. The summed E-state index contributed by atoms with van der Waals surface area (Å²) in [5, 5.41) is 10.5. The van der Waals surface area contributed by atoms with Crippen LogP contribution < -0.4 is 9.47 Å². The molecule has 4 aromatic rings. The largest absolute Gasteiger partial charge is 0.497 e. The molecule has 0 saturated heterocycles. The van der Waals surface area contributed by atoms with Gasteiger partial charge >= 0.3 is 13.8 Å². The second-order valence-corrected chi connectivity index (χ2v) is 12.2. The molecule has 2 atom stereocenters. The van der Waals surface area contributed by atoms with Crippen molar-refractivity contribution in [3.8, 4) is 11.5 Å². The summed E-state index contributed by atoms with van der Waals surface area (Å²) in [4.78, 5) is 13.3. The van der Waals surface area contributed by atoms with Crippen LogP contribution in [0, 0.1) is 0 Å². The fourth-order valence-electron chi connectivity index (χ4n) is 4.72. The number of aliphatic hydroxyl groups excluding tert-OH is 1. The molecule has 4 aromatic carbocycles. The lowest BCUT2D eigenvalue weighted by atomic mass is 10.1. The summed E-state index contributed by atoms with van der Waals surface area (Å²) in [6.45, 7) is -1.00. The lowest BCUT2D eigenvalue weighted by molar-refractivity contribution is -0.148. The zero-order chi connectivity index (χ0) is 33.8. The van der Waals surface area contributed by atoms with Crippen LogP contribution >= 0.6 is 7.82 Å². The van der Waals surface area contributed by atoms with Crippen molar-refractivity contribution < 1.29 is 51.7 Å². The van der Waals surface area contributed by atoms with Gasteiger partial charge in [-0.05, 0) is 46.5 Å². The van der Waals surface area contributed by atoms with E-state index in [4.69, 9.17) is 37.3 Å². The molecule has 1 heterocycles. The van der Waals surface area contributed by atoms with Gasteiger partial charge in [-0.2, -0.15) is 0 Å². The maximum absolute atomic E-state index is 14.1. The van der Waals surface area contributed by atoms with Crippen molar-refractivity contribution in [2.24, 2.45) is 0 Å². The number of esters is 1. The SMILES string of the molecule is COc1cccc(COC2=C(OCc3cccc(OC)c3)[C@@H]([C@H](CO)OP(=O)(OCc3ccccc3)OCc3ccccc3)OC2=O)c1. The number of benzene rings is 4. The standard InChI is InChI=1S/C36H37O11P/c1-40-30-17-9-15-28(19-30)22-42-34-33(46-36(38)35(34)43-23-29-16-10-18-31(20-29)41-2)32(21-37)47-48(39,44-24-26-11-5-3-6-12-26)45-25-27-13-7-4-8-14-27/h3-20,32-33,37H,21-25H2,1-2H3/t32-,33+/m0/s1. The van der Waals surface area contributed by atoms with E-state index in [1.807, 2.05) is 48.5 Å². The Balaban J connectivity index is 1.41. The normalized spacial score (nSPS) is 15.1. The molecule has 48 heavy (non-hydrogen) atoms. The summed E-state index contributed by atoms with van der Waals surface area (Å²) < 4.78 is 59.9. The molecule has 252 valence electrons. The molecule has 0 amide bonds. The van der Waals surface area contributed by atoms with E-state index in [1.165, 1.54) is 0 Å². The van der Waals surface area contributed by atoms with Crippen molar-refractivity contribution in [2.45, 2.75) is 38.6 Å². The summed E-state index contributed by atoms with van der Waals surface area (Å²) in [7, 11) is -1.30. The first-order valence-electron chi connectivity index (χ1n) is 15.1. The second kappa shape index (κ2) is 17.0. The summed E-state index contributed by atoms with van der Waals surface area (Å²) in [5.74, 6) is 0.0942. The van der Waals surface area contributed by atoms with E-state index < -0.39 is 32.6 Å². The third-order valence-corrected chi connectivity index (χ3v) is 8.61. The Hall–Kier alpha value is -4.64. The topological polar surface area (TPSA) is 128 Å². The highest BCUT2D eigenvalue weighted by Gasteiger charge is 2.46. The first kappa shape index (κ1) is 34.7. The fraction of sp³-hybridized carbons (Fsp3) is 0.250. The molecule has 1 aliphatic rings. The van der Waals surface area contributed by atoms with E-state index in [1.54, 1.807) is 74.9 Å². The summed E-state index contributed by atoms with van der Waals surface area (Å²) in [6.07, 6.45) is -2.79. The number of rotatable bonds is 18. The maximum Gasteiger partial charge on any atom is 0.475 e. The zero-order valence-corrected chi connectivity index (χ0v) is 27.5. The molecule has 0 saturated carbocycles. The van der Waals surface area contributed by atoms with Crippen molar-refractivity contribution in [3.63, 3.8) is 0 Å². The van der Waals surface area contributed by atoms with Gasteiger partial charge < -0.3 is 28.8 Å². The third kappa shape index (κ3) is 9.47. The Kier molecular flexibility index (Phi) is 12.3. The number of phosphoric ester groups is 1. The molecule has 5 rings (SSSR count). The first-order chi connectivity index (χ1) is 23.4. The fourth-order valence-corrected chi connectivity index (χ4v) is 6.04. The van der Waals surface area contributed by atoms with Crippen LogP contribution in [0.5, 0.6) is 11.5 Å². The quantitative estimate of drug-likeness (QED) is 0.0917. The van der Waals surface area contributed by atoms with Crippen molar-refractivity contribution in [1.29, 1.82) is 0 Å². The molecule has 0 fully saturated rings. The molecule has 0 aliphatic carbocycles. The predicted molar refractivity (Wildman–Crippen MR) is 174 cm³/mol. The van der Waals surface area contributed by atoms with Crippen LogP contribution in [0.2, 0.25) is 0 Å². The van der Waals surface area contributed by atoms with E-state index >= 15 is 0 Å². The minimum absolute atomic E-state index is 0.0173. The molecule has 0 radical (unpaired) electrons. The van der Waals surface area contributed by atoms with Crippen LogP contribution in [0.4, 0.5) is 0 Å². The van der Waals surface area contributed by atoms with E-state index in [9.17, 15) is 14.5 Å². The van der Waals surface area contributed by atoms with Crippen LogP contribution in [0.3, 0.4) is 0 Å². The van der Waals surface area contributed by atoms with Gasteiger partial charge in [-0.3, -0.25) is 13.6 Å². The average molecular weight is 677 g/mol. The number of carbonyl (C=O) groups excluding carboxylic acids is 1. The Labute approximate surface area is 279 Å². The number of aliphatic hydroxyl groups is 1. The van der Waals surface area contributed by atoms with Crippen LogP contribution in [0.1, 0.15) is 22.3 Å². The van der Waals surface area contributed by atoms with E-state index in [2.05, 4.69) is 0 Å². The van der Waals surface area contributed by atoms with Gasteiger partial charge in [-0.25, -0.2) is 9.36 Å². The van der Waals surface area contributed by atoms with Crippen molar-refractivity contribution in [2.75, 3.05) is 20.8 Å². The molecule has 12 heteroatoms. The Morgan fingerprint density at radius 3 is 1.69 bits per heavy atom. The highest BCUT2D eigenvalue weighted by Crippen LogP contribution is 2.53. The van der Waals surface area contributed by atoms with Crippen LogP contribution in [0.25, 0.3) is 0 Å². The minimum atomic E-state index is -4.40. The maximum atomic E-state index is 14.1. The molecule has 0 spiro atoms. The lowest BCUT2D eigenvalue weighted by Gasteiger charge is -2.27. The smallest absolute Gasteiger partial charge is 0.475 e. The monoisotopic (exact) mass is 676 g/mol.